The van der Waals surface area contributed by atoms with Gasteiger partial charge < -0.3 is 11.1 Å². The fraction of sp³-hybridized carbons (Fsp3) is 0.706. The summed E-state index contributed by atoms with van der Waals surface area (Å²) in [5.41, 5.74) is 5.72. The maximum absolute atomic E-state index is 12.0. The quantitative estimate of drug-likeness (QED) is 0.811. The van der Waals surface area contributed by atoms with Gasteiger partial charge in [0.05, 0.1) is 6.04 Å². The normalized spacial score (nSPS) is 19.8. The number of carbonyl (C=O) groups is 1. The van der Waals surface area contributed by atoms with Crippen molar-refractivity contribution in [1.29, 1.82) is 0 Å². The van der Waals surface area contributed by atoms with Gasteiger partial charge in [0.25, 0.3) is 0 Å². The number of nitrogens with zero attached hydrogens (tertiary/aromatic N) is 1. The van der Waals surface area contributed by atoms with E-state index >= 15 is 0 Å². The first-order valence-corrected chi connectivity index (χ1v) is 9.24. The van der Waals surface area contributed by atoms with Gasteiger partial charge in [-0.15, -0.1) is 11.3 Å². The second-order valence-electron chi connectivity index (χ2n) is 6.57. The van der Waals surface area contributed by atoms with Crippen LogP contribution in [-0.4, -0.2) is 36.5 Å². The number of rotatable bonds is 7. The molecular formula is C17H29N3OS. The highest BCUT2D eigenvalue weighted by Crippen LogP contribution is 2.29. The van der Waals surface area contributed by atoms with E-state index in [0.29, 0.717) is 19.0 Å². The Morgan fingerprint density at radius 2 is 2.23 bits per heavy atom. The Kier molecular flexibility index (Phi) is 6.86. The van der Waals surface area contributed by atoms with Gasteiger partial charge in [-0.05, 0) is 56.6 Å². The number of hydrogen-bond acceptors (Lipinski definition) is 4. The van der Waals surface area contributed by atoms with Crippen molar-refractivity contribution in [3.63, 3.8) is 0 Å². The highest BCUT2D eigenvalue weighted by Gasteiger charge is 2.25. The summed E-state index contributed by atoms with van der Waals surface area (Å²) >= 11 is 1.78. The molecule has 0 spiro atoms. The van der Waals surface area contributed by atoms with Crippen LogP contribution in [0.1, 0.15) is 50.4 Å². The van der Waals surface area contributed by atoms with Crippen LogP contribution in [0, 0.1) is 5.92 Å². The Labute approximate surface area is 138 Å². The summed E-state index contributed by atoms with van der Waals surface area (Å²) in [6.45, 7) is 7.22. The van der Waals surface area contributed by atoms with Crippen molar-refractivity contribution in [3.05, 3.63) is 22.4 Å². The lowest BCUT2D eigenvalue weighted by molar-refractivity contribution is -0.121. The molecule has 0 bridgehead atoms. The first kappa shape index (κ1) is 17.4. The SMILES string of the molecule is CC(N)CCC(=O)NCC(c1cccs1)N1CCC(C)CC1. The van der Waals surface area contributed by atoms with Crippen molar-refractivity contribution in [2.24, 2.45) is 11.7 Å². The summed E-state index contributed by atoms with van der Waals surface area (Å²) in [6, 6.07) is 4.67. The molecule has 1 aromatic heterocycles. The van der Waals surface area contributed by atoms with E-state index in [1.807, 2.05) is 6.92 Å². The van der Waals surface area contributed by atoms with Gasteiger partial charge in [-0.2, -0.15) is 0 Å². The molecule has 0 saturated carbocycles. The monoisotopic (exact) mass is 323 g/mol. The minimum absolute atomic E-state index is 0.0856. The average Bonchev–Trinajstić information content (AvgIpc) is 3.01. The van der Waals surface area contributed by atoms with Crippen molar-refractivity contribution in [1.82, 2.24) is 10.2 Å². The molecule has 124 valence electrons. The van der Waals surface area contributed by atoms with Crippen LogP contribution in [0.3, 0.4) is 0 Å². The molecule has 1 aromatic rings. The topological polar surface area (TPSA) is 58.4 Å². The van der Waals surface area contributed by atoms with Gasteiger partial charge in [0.2, 0.25) is 5.91 Å². The molecule has 5 heteroatoms. The molecule has 1 saturated heterocycles. The predicted octanol–water partition coefficient (Wildman–Crippen LogP) is 2.76. The van der Waals surface area contributed by atoms with Crippen molar-refractivity contribution < 1.29 is 4.79 Å². The molecule has 4 nitrogen and oxygen atoms in total. The maximum atomic E-state index is 12.0. The molecule has 3 N–H and O–H groups in total. The summed E-state index contributed by atoms with van der Waals surface area (Å²) < 4.78 is 0. The zero-order valence-electron chi connectivity index (χ0n) is 13.8. The Bertz CT molecular complexity index is 439. The molecule has 1 aliphatic rings. The van der Waals surface area contributed by atoms with Crippen molar-refractivity contribution in [2.75, 3.05) is 19.6 Å². The standard InChI is InChI=1S/C17H29N3OS/c1-13-7-9-20(10-8-13)15(16-4-3-11-22-16)12-19-17(21)6-5-14(2)18/h3-4,11,13-15H,5-10,12,18H2,1-2H3,(H,19,21). The average molecular weight is 324 g/mol. The third kappa shape index (κ3) is 5.38. The first-order chi connectivity index (χ1) is 10.6. The number of amides is 1. The number of nitrogens with two attached hydrogens (primary N) is 1. The summed E-state index contributed by atoms with van der Waals surface area (Å²) in [5.74, 6) is 0.935. The maximum Gasteiger partial charge on any atom is 0.220 e. The highest BCUT2D eigenvalue weighted by molar-refractivity contribution is 7.10. The van der Waals surface area contributed by atoms with Crippen LogP contribution < -0.4 is 11.1 Å². The Morgan fingerprint density at radius 3 is 2.82 bits per heavy atom. The highest BCUT2D eigenvalue weighted by atomic mass is 32.1. The minimum Gasteiger partial charge on any atom is -0.354 e. The Balaban J connectivity index is 1.90. The number of likely N-dealkylation sites (tertiary alicyclic amines) is 1. The number of carbonyl (C=O) groups excluding carboxylic acids is 1. The van der Waals surface area contributed by atoms with E-state index in [2.05, 4.69) is 34.7 Å². The van der Waals surface area contributed by atoms with E-state index in [0.717, 1.165) is 25.4 Å². The third-order valence-electron chi connectivity index (χ3n) is 4.45. The summed E-state index contributed by atoms with van der Waals surface area (Å²) in [5, 5.41) is 5.22. The van der Waals surface area contributed by atoms with Gasteiger partial charge in [0, 0.05) is 23.9 Å². The van der Waals surface area contributed by atoms with Crippen LogP contribution in [0.15, 0.2) is 17.5 Å². The van der Waals surface area contributed by atoms with Crippen LogP contribution in [0.4, 0.5) is 0 Å². The number of nitrogens with one attached hydrogen (secondary N) is 1. The van der Waals surface area contributed by atoms with Crippen molar-refractivity contribution >= 4 is 17.2 Å². The van der Waals surface area contributed by atoms with E-state index in [1.165, 1.54) is 17.7 Å². The minimum atomic E-state index is 0.0856. The number of thiophene rings is 1. The fourth-order valence-corrected chi connectivity index (χ4v) is 3.75. The molecule has 22 heavy (non-hydrogen) atoms. The molecule has 1 fully saturated rings. The van der Waals surface area contributed by atoms with Gasteiger partial charge >= 0.3 is 0 Å². The van der Waals surface area contributed by atoms with Crippen molar-refractivity contribution in [2.45, 2.75) is 51.6 Å². The van der Waals surface area contributed by atoms with E-state index in [4.69, 9.17) is 5.73 Å². The molecule has 0 radical (unpaired) electrons. The molecule has 0 aliphatic carbocycles. The summed E-state index contributed by atoms with van der Waals surface area (Å²) in [7, 11) is 0. The molecule has 2 atom stereocenters. The molecule has 2 rings (SSSR count). The van der Waals surface area contributed by atoms with Crippen LogP contribution in [0.5, 0.6) is 0 Å². The Morgan fingerprint density at radius 1 is 1.50 bits per heavy atom. The van der Waals surface area contributed by atoms with Crippen LogP contribution in [-0.2, 0) is 4.79 Å². The fourth-order valence-electron chi connectivity index (χ4n) is 2.89. The van der Waals surface area contributed by atoms with Crippen LogP contribution in [0.25, 0.3) is 0 Å². The van der Waals surface area contributed by atoms with Crippen LogP contribution in [0.2, 0.25) is 0 Å². The van der Waals surface area contributed by atoms with E-state index in [-0.39, 0.29) is 11.9 Å². The molecule has 2 unspecified atom stereocenters. The lowest BCUT2D eigenvalue weighted by atomic mass is 9.97. The predicted molar refractivity (Wildman–Crippen MR) is 92.9 cm³/mol. The Hall–Kier alpha value is -0.910. The lowest BCUT2D eigenvalue weighted by Gasteiger charge is -2.36. The van der Waals surface area contributed by atoms with Gasteiger partial charge in [-0.25, -0.2) is 0 Å². The molecular weight excluding hydrogens is 294 g/mol. The summed E-state index contributed by atoms with van der Waals surface area (Å²) in [4.78, 5) is 15.8. The summed E-state index contributed by atoms with van der Waals surface area (Å²) in [6.07, 6.45) is 3.77. The smallest absolute Gasteiger partial charge is 0.220 e. The zero-order valence-corrected chi connectivity index (χ0v) is 14.6. The number of hydrogen-bond donors (Lipinski definition) is 2. The third-order valence-corrected chi connectivity index (χ3v) is 5.42. The molecule has 2 heterocycles. The second kappa shape index (κ2) is 8.65. The lowest BCUT2D eigenvalue weighted by Crippen LogP contribution is -2.41. The zero-order chi connectivity index (χ0) is 15.9. The second-order valence-corrected chi connectivity index (χ2v) is 7.55. The van der Waals surface area contributed by atoms with Crippen molar-refractivity contribution in [3.8, 4) is 0 Å². The van der Waals surface area contributed by atoms with E-state index in [1.54, 1.807) is 11.3 Å². The van der Waals surface area contributed by atoms with Gasteiger partial charge in [-0.1, -0.05) is 13.0 Å². The van der Waals surface area contributed by atoms with Gasteiger partial charge in [0.1, 0.15) is 0 Å². The van der Waals surface area contributed by atoms with Gasteiger partial charge in [-0.3, -0.25) is 9.69 Å². The van der Waals surface area contributed by atoms with E-state index < -0.39 is 0 Å². The number of piperidine rings is 1. The molecule has 1 amide bonds. The van der Waals surface area contributed by atoms with E-state index in [9.17, 15) is 4.79 Å². The molecule has 1 aliphatic heterocycles. The first-order valence-electron chi connectivity index (χ1n) is 8.36. The van der Waals surface area contributed by atoms with Crippen LogP contribution >= 0.6 is 11.3 Å². The largest absolute Gasteiger partial charge is 0.354 e. The van der Waals surface area contributed by atoms with Gasteiger partial charge in [0.15, 0.2) is 0 Å². The molecule has 0 aromatic carbocycles.